The maximum absolute atomic E-state index is 10.7. The van der Waals surface area contributed by atoms with Gasteiger partial charge in [0.25, 0.3) is 0 Å². The number of methoxy groups -OCH3 is 1. The Hall–Kier alpha value is -3.72. The number of aromatic amines is 1. The number of nitrogens with one attached hydrogen (secondary N) is 2. The van der Waals surface area contributed by atoms with Gasteiger partial charge in [0.1, 0.15) is 23.4 Å². The second-order valence-corrected chi connectivity index (χ2v) is 7.48. The molecule has 5 rings (SSSR count). The highest BCUT2D eigenvalue weighted by Crippen LogP contribution is 2.31. The highest BCUT2D eigenvalue weighted by Gasteiger charge is 2.18. The van der Waals surface area contributed by atoms with Crippen LogP contribution in [0.25, 0.3) is 21.8 Å². The number of anilines is 3. The quantitative estimate of drug-likeness (QED) is 0.462. The second kappa shape index (κ2) is 8.19. The first kappa shape index (κ1) is 19.3. The van der Waals surface area contributed by atoms with Crippen LogP contribution in [-0.4, -0.2) is 71.2 Å². The summed E-state index contributed by atoms with van der Waals surface area (Å²) in [5.74, 6) is 2.38. The maximum Gasteiger partial charge on any atom is 0.159 e. The molecular weight excluding hydrogens is 394 g/mol. The number of rotatable bonds is 6. The number of piperazine rings is 1. The summed E-state index contributed by atoms with van der Waals surface area (Å²) in [5.41, 5.74) is 2.46. The highest BCUT2D eigenvalue weighted by atomic mass is 16.5. The van der Waals surface area contributed by atoms with Crippen molar-refractivity contribution >= 4 is 45.4 Å². The molecule has 9 nitrogen and oxygen atoms in total. The van der Waals surface area contributed by atoms with Crippen molar-refractivity contribution in [3.63, 3.8) is 0 Å². The Morgan fingerprint density at radius 3 is 2.77 bits per heavy atom. The van der Waals surface area contributed by atoms with Crippen molar-refractivity contribution < 1.29 is 9.53 Å². The Bertz CT molecular complexity index is 1210. The van der Waals surface area contributed by atoms with Gasteiger partial charge in [-0.3, -0.25) is 10.00 Å². The molecule has 0 bridgehead atoms. The summed E-state index contributed by atoms with van der Waals surface area (Å²) in [6.45, 7) is 3.94. The van der Waals surface area contributed by atoms with E-state index in [1.807, 2.05) is 42.7 Å². The molecule has 1 aliphatic heterocycles. The van der Waals surface area contributed by atoms with E-state index in [0.29, 0.717) is 12.4 Å². The van der Waals surface area contributed by atoms with Crippen molar-refractivity contribution in [2.75, 3.05) is 50.1 Å². The van der Waals surface area contributed by atoms with E-state index in [1.165, 1.54) is 0 Å². The number of hydrogen-bond acceptors (Lipinski definition) is 8. The van der Waals surface area contributed by atoms with Gasteiger partial charge >= 0.3 is 0 Å². The fourth-order valence-electron chi connectivity index (χ4n) is 3.94. The van der Waals surface area contributed by atoms with E-state index < -0.39 is 0 Å². The van der Waals surface area contributed by atoms with E-state index in [0.717, 1.165) is 71.5 Å². The number of nitrogens with zero attached hydrogens (tertiary/aromatic N) is 5. The average molecular weight is 417 g/mol. The van der Waals surface area contributed by atoms with Crippen LogP contribution in [0.5, 0.6) is 5.75 Å². The molecule has 0 amide bonds. The third-order valence-electron chi connectivity index (χ3n) is 5.63. The Labute approximate surface area is 179 Å². The Kier molecular flexibility index (Phi) is 5.09. The summed E-state index contributed by atoms with van der Waals surface area (Å²) in [7, 11) is 1.65. The number of ether oxygens (including phenoxy) is 1. The van der Waals surface area contributed by atoms with Crippen molar-refractivity contribution in [2.24, 2.45) is 0 Å². The fourth-order valence-corrected chi connectivity index (χ4v) is 3.94. The molecule has 4 heterocycles. The lowest BCUT2D eigenvalue weighted by Crippen LogP contribution is -2.47. The van der Waals surface area contributed by atoms with Gasteiger partial charge in [-0.25, -0.2) is 9.97 Å². The second-order valence-electron chi connectivity index (χ2n) is 7.48. The number of aromatic nitrogens is 4. The lowest BCUT2D eigenvalue weighted by molar-refractivity contribution is -0.108. The summed E-state index contributed by atoms with van der Waals surface area (Å²) < 4.78 is 5.35. The third kappa shape index (κ3) is 3.75. The highest BCUT2D eigenvalue weighted by molar-refractivity contribution is 6.09. The van der Waals surface area contributed by atoms with Gasteiger partial charge < -0.3 is 19.7 Å². The molecule has 4 aromatic rings. The maximum atomic E-state index is 10.7. The summed E-state index contributed by atoms with van der Waals surface area (Å²) in [6, 6.07) is 9.81. The van der Waals surface area contributed by atoms with Crippen molar-refractivity contribution in [2.45, 2.75) is 0 Å². The van der Waals surface area contributed by atoms with Crippen LogP contribution in [0.15, 0.2) is 42.7 Å². The summed E-state index contributed by atoms with van der Waals surface area (Å²) in [4.78, 5) is 24.5. The number of fused-ring (bicyclic) bond motifs is 3. The van der Waals surface area contributed by atoms with E-state index in [-0.39, 0.29) is 0 Å². The Morgan fingerprint density at radius 2 is 2.03 bits per heavy atom. The minimum absolute atomic E-state index is 0.497. The molecule has 0 aliphatic carbocycles. The van der Waals surface area contributed by atoms with Crippen molar-refractivity contribution in [1.29, 1.82) is 0 Å². The molecule has 0 spiro atoms. The molecule has 158 valence electrons. The number of carbonyl (C=O) groups excluding carboxylic acids is 1. The first-order valence-corrected chi connectivity index (χ1v) is 10.2. The van der Waals surface area contributed by atoms with Crippen LogP contribution in [0.1, 0.15) is 0 Å². The molecule has 1 aliphatic rings. The lowest BCUT2D eigenvalue weighted by atomic mass is 10.1. The van der Waals surface area contributed by atoms with E-state index in [4.69, 9.17) is 9.72 Å². The van der Waals surface area contributed by atoms with Gasteiger partial charge in [0.2, 0.25) is 0 Å². The Morgan fingerprint density at radius 1 is 1.16 bits per heavy atom. The third-order valence-corrected chi connectivity index (χ3v) is 5.63. The first-order chi connectivity index (χ1) is 15.2. The van der Waals surface area contributed by atoms with Gasteiger partial charge in [0, 0.05) is 43.1 Å². The number of aldehydes is 1. The van der Waals surface area contributed by atoms with Crippen LogP contribution in [0, 0.1) is 0 Å². The predicted molar refractivity (Wildman–Crippen MR) is 120 cm³/mol. The van der Waals surface area contributed by atoms with Gasteiger partial charge in [-0.2, -0.15) is 5.10 Å². The fraction of sp³-hybridized carbons (Fsp3) is 0.273. The SMILES string of the molecule is COc1ccc2nc(Nc3ccc(N4CCN(CC=O)CC4)nc3)c3n[nH]cc3c2c1. The molecule has 31 heavy (non-hydrogen) atoms. The molecular formula is C22H23N7O2. The topological polar surface area (TPSA) is 99.3 Å². The molecule has 1 aromatic carbocycles. The monoisotopic (exact) mass is 417 g/mol. The molecule has 2 N–H and O–H groups in total. The summed E-state index contributed by atoms with van der Waals surface area (Å²) in [6.07, 6.45) is 4.64. The molecule has 0 atom stereocenters. The van der Waals surface area contributed by atoms with Crippen LogP contribution in [0.2, 0.25) is 0 Å². The van der Waals surface area contributed by atoms with Crippen LogP contribution in [0.3, 0.4) is 0 Å². The van der Waals surface area contributed by atoms with Crippen LogP contribution in [-0.2, 0) is 4.79 Å². The van der Waals surface area contributed by atoms with Gasteiger partial charge in [0.15, 0.2) is 5.82 Å². The largest absolute Gasteiger partial charge is 0.497 e. The minimum Gasteiger partial charge on any atom is -0.497 e. The van der Waals surface area contributed by atoms with E-state index >= 15 is 0 Å². The zero-order valence-electron chi connectivity index (χ0n) is 17.2. The van der Waals surface area contributed by atoms with Crippen molar-refractivity contribution in [1.82, 2.24) is 25.1 Å². The molecule has 3 aromatic heterocycles. The molecule has 0 radical (unpaired) electrons. The average Bonchev–Trinajstić information content (AvgIpc) is 3.31. The number of carbonyl (C=O) groups is 1. The first-order valence-electron chi connectivity index (χ1n) is 10.2. The number of pyridine rings is 2. The van der Waals surface area contributed by atoms with E-state index in [2.05, 4.69) is 30.3 Å². The standard InChI is InChI=1S/C22H23N7O2/c1-31-16-3-4-19-17(12-16)18-14-24-27-21(18)22(26-19)25-15-2-5-20(23-13-15)29-8-6-28(7-9-29)10-11-30/h2-5,11-14H,6-10H2,1H3,(H,24,27)(H,25,26). The summed E-state index contributed by atoms with van der Waals surface area (Å²) in [5, 5.41) is 12.6. The zero-order valence-corrected chi connectivity index (χ0v) is 17.2. The lowest BCUT2D eigenvalue weighted by Gasteiger charge is -2.34. The van der Waals surface area contributed by atoms with Crippen molar-refractivity contribution in [3.8, 4) is 5.75 Å². The van der Waals surface area contributed by atoms with Gasteiger partial charge in [-0.05, 0) is 30.3 Å². The normalized spacial score (nSPS) is 14.8. The van der Waals surface area contributed by atoms with Gasteiger partial charge in [-0.1, -0.05) is 0 Å². The number of H-pyrrole nitrogens is 1. The zero-order chi connectivity index (χ0) is 21.2. The molecule has 0 unspecified atom stereocenters. The van der Waals surface area contributed by atoms with Crippen LogP contribution in [0.4, 0.5) is 17.3 Å². The van der Waals surface area contributed by atoms with Gasteiger partial charge in [-0.15, -0.1) is 0 Å². The molecule has 9 heteroatoms. The predicted octanol–water partition coefficient (Wildman–Crippen LogP) is 2.58. The number of benzene rings is 1. The molecule has 0 saturated carbocycles. The van der Waals surface area contributed by atoms with E-state index in [9.17, 15) is 4.79 Å². The van der Waals surface area contributed by atoms with Crippen LogP contribution >= 0.6 is 0 Å². The van der Waals surface area contributed by atoms with Crippen LogP contribution < -0.4 is 15.0 Å². The summed E-state index contributed by atoms with van der Waals surface area (Å²) >= 11 is 0. The molecule has 1 saturated heterocycles. The smallest absolute Gasteiger partial charge is 0.159 e. The Balaban J connectivity index is 1.37. The van der Waals surface area contributed by atoms with E-state index in [1.54, 1.807) is 7.11 Å². The van der Waals surface area contributed by atoms with Crippen molar-refractivity contribution in [3.05, 3.63) is 42.7 Å². The molecule has 1 fully saturated rings. The number of hydrogen-bond donors (Lipinski definition) is 2. The minimum atomic E-state index is 0.497. The van der Waals surface area contributed by atoms with Gasteiger partial charge in [0.05, 0.1) is 31.1 Å².